The van der Waals surface area contributed by atoms with E-state index in [4.69, 9.17) is 18.9 Å². The molecule has 1 aromatic carbocycles. The van der Waals surface area contributed by atoms with Crippen LogP contribution in [0.4, 0.5) is 11.8 Å². The van der Waals surface area contributed by atoms with E-state index < -0.39 is 0 Å². The Morgan fingerprint density at radius 3 is 2.53 bits per heavy atom. The average Bonchev–Trinajstić information content (AvgIpc) is 3.36. The van der Waals surface area contributed by atoms with Crippen molar-refractivity contribution >= 4 is 22.9 Å². The zero-order valence-corrected chi connectivity index (χ0v) is 19.2. The third-order valence-corrected chi connectivity index (χ3v) is 5.83. The molecule has 0 bridgehead atoms. The number of rotatable bonds is 8. The number of aromatic nitrogens is 4. The molecule has 1 aliphatic heterocycles. The van der Waals surface area contributed by atoms with Crippen molar-refractivity contribution in [1.82, 2.24) is 19.5 Å². The predicted octanol–water partition coefficient (Wildman–Crippen LogP) is 3.07. The molecule has 2 aromatic heterocycles. The van der Waals surface area contributed by atoms with Gasteiger partial charge in [0.25, 0.3) is 0 Å². The van der Waals surface area contributed by atoms with Crippen LogP contribution in [-0.4, -0.2) is 60.0 Å². The molecule has 3 heterocycles. The first-order chi connectivity index (χ1) is 15.5. The van der Waals surface area contributed by atoms with Crippen molar-refractivity contribution < 1.29 is 18.9 Å². The first-order valence-corrected chi connectivity index (χ1v) is 10.6. The van der Waals surface area contributed by atoms with Crippen LogP contribution in [0.1, 0.15) is 25.6 Å². The fourth-order valence-corrected chi connectivity index (χ4v) is 4.17. The van der Waals surface area contributed by atoms with Gasteiger partial charge in [0.1, 0.15) is 6.23 Å². The van der Waals surface area contributed by atoms with Crippen molar-refractivity contribution in [3.63, 3.8) is 0 Å². The maximum Gasteiger partial charge on any atom is 0.226 e. The van der Waals surface area contributed by atoms with Gasteiger partial charge in [-0.1, -0.05) is 13.0 Å². The molecule has 4 atom stereocenters. The van der Waals surface area contributed by atoms with Crippen molar-refractivity contribution in [3.05, 3.63) is 30.1 Å². The lowest BCUT2D eigenvalue weighted by Gasteiger charge is -2.21. The molecule has 10 heteroatoms. The van der Waals surface area contributed by atoms with Gasteiger partial charge in [0.2, 0.25) is 5.95 Å². The summed E-state index contributed by atoms with van der Waals surface area (Å²) < 4.78 is 25.3. The van der Waals surface area contributed by atoms with Gasteiger partial charge in [0.15, 0.2) is 28.5 Å². The SMILES string of the molecule is CNc1nc(NC)c2ncn([C@@H]3O[C@H](C)[C@@H](OCc4ccc(OC)c(OC)c4)[C@@H]3C)c2n1. The van der Waals surface area contributed by atoms with Crippen molar-refractivity contribution in [2.24, 2.45) is 5.92 Å². The number of hydrogen-bond donors (Lipinski definition) is 2. The van der Waals surface area contributed by atoms with E-state index in [9.17, 15) is 0 Å². The second-order valence-corrected chi connectivity index (χ2v) is 7.78. The highest BCUT2D eigenvalue weighted by Crippen LogP contribution is 2.39. The van der Waals surface area contributed by atoms with Gasteiger partial charge in [-0.05, 0) is 24.6 Å². The van der Waals surface area contributed by atoms with E-state index in [1.165, 1.54) is 0 Å². The molecule has 0 amide bonds. The molecule has 0 saturated carbocycles. The largest absolute Gasteiger partial charge is 0.493 e. The average molecular weight is 443 g/mol. The molecule has 0 spiro atoms. The number of ether oxygens (including phenoxy) is 4. The minimum atomic E-state index is -0.255. The molecule has 172 valence electrons. The predicted molar refractivity (Wildman–Crippen MR) is 121 cm³/mol. The quantitative estimate of drug-likeness (QED) is 0.544. The first-order valence-electron chi connectivity index (χ1n) is 10.6. The third-order valence-electron chi connectivity index (χ3n) is 5.83. The number of fused-ring (bicyclic) bond motifs is 1. The number of nitrogens with one attached hydrogen (secondary N) is 2. The fourth-order valence-electron chi connectivity index (χ4n) is 4.17. The summed E-state index contributed by atoms with van der Waals surface area (Å²) in [6.07, 6.45) is 1.31. The van der Waals surface area contributed by atoms with Crippen LogP contribution in [0.2, 0.25) is 0 Å². The van der Waals surface area contributed by atoms with Crippen LogP contribution >= 0.6 is 0 Å². The summed E-state index contributed by atoms with van der Waals surface area (Å²) in [6, 6.07) is 5.79. The normalized spacial score (nSPS) is 22.8. The maximum absolute atomic E-state index is 6.31. The maximum atomic E-state index is 6.31. The van der Waals surface area contributed by atoms with Gasteiger partial charge >= 0.3 is 0 Å². The first kappa shape index (κ1) is 22.1. The van der Waals surface area contributed by atoms with E-state index in [2.05, 4.69) is 32.5 Å². The molecule has 1 saturated heterocycles. The molecule has 10 nitrogen and oxygen atoms in total. The number of nitrogens with zero attached hydrogens (tertiary/aromatic N) is 4. The Kier molecular flexibility index (Phi) is 6.33. The molecular weight excluding hydrogens is 412 g/mol. The summed E-state index contributed by atoms with van der Waals surface area (Å²) in [4.78, 5) is 13.6. The van der Waals surface area contributed by atoms with Crippen molar-refractivity contribution in [3.8, 4) is 11.5 Å². The molecule has 32 heavy (non-hydrogen) atoms. The van der Waals surface area contributed by atoms with E-state index in [-0.39, 0.29) is 24.4 Å². The Morgan fingerprint density at radius 1 is 1.06 bits per heavy atom. The van der Waals surface area contributed by atoms with Crippen LogP contribution < -0.4 is 20.1 Å². The van der Waals surface area contributed by atoms with Crippen LogP contribution in [0.25, 0.3) is 11.2 Å². The molecular formula is C22H30N6O4. The van der Waals surface area contributed by atoms with Gasteiger partial charge < -0.3 is 29.6 Å². The third kappa shape index (κ3) is 3.91. The van der Waals surface area contributed by atoms with Crippen LogP contribution in [0.3, 0.4) is 0 Å². The second-order valence-electron chi connectivity index (χ2n) is 7.78. The van der Waals surface area contributed by atoms with Crippen LogP contribution in [0, 0.1) is 5.92 Å². The van der Waals surface area contributed by atoms with Crippen molar-refractivity contribution in [2.75, 3.05) is 38.9 Å². The molecule has 2 N–H and O–H groups in total. The Morgan fingerprint density at radius 2 is 1.84 bits per heavy atom. The van der Waals surface area contributed by atoms with E-state index >= 15 is 0 Å². The Bertz CT molecular complexity index is 1090. The topological polar surface area (TPSA) is 105 Å². The summed E-state index contributed by atoms with van der Waals surface area (Å²) in [5.74, 6) is 2.63. The summed E-state index contributed by atoms with van der Waals surface area (Å²) in [5, 5.41) is 6.08. The summed E-state index contributed by atoms with van der Waals surface area (Å²) in [6.45, 7) is 4.59. The number of hydrogen-bond acceptors (Lipinski definition) is 9. The zero-order valence-electron chi connectivity index (χ0n) is 19.2. The van der Waals surface area contributed by atoms with Gasteiger partial charge in [-0.15, -0.1) is 0 Å². The summed E-state index contributed by atoms with van der Waals surface area (Å²) in [7, 11) is 6.85. The summed E-state index contributed by atoms with van der Waals surface area (Å²) in [5.41, 5.74) is 2.41. The number of anilines is 2. The number of benzene rings is 1. The molecule has 3 aromatic rings. The lowest BCUT2D eigenvalue weighted by Crippen LogP contribution is -2.27. The molecule has 4 rings (SSSR count). The van der Waals surface area contributed by atoms with Crippen LogP contribution in [0.5, 0.6) is 11.5 Å². The standard InChI is InChI=1S/C22H30N6O4/c1-12-18(31-10-14-7-8-15(29-5)16(9-14)30-6)13(2)32-21(12)28-11-25-17-19(23-3)26-22(24-4)27-20(17)28/h7-9,11-13,18,21H,10H2,1-6H3,(H2,23,24,26,27)/t12-,13+,18-,21+/m0/s1. The highest BCUT2D eigenvalue weighted by molar-refractivity contribution is 5.84. The van der Waals surface area contributed by atoms with Gasteiger partial charge in [-0.25, -0.2) is 4.98 Å². The van der Waals surface area contributed by atoms with Gasteiger partial charge in [0.05, 0.1) is 39.4 Å². The molecule has 0 radical (unpaired) electrons. The highest BCUT2D eigenvalue weighted by Gasteiger charge is 2.42. The van der Waals surface area contributed by atoms with Crippen molar-refractivity contribution in [1.29, 1.82) is 0 Å². The second kappa shape index (κ2) is 9.17. The zero-order chi connectivity index (χ0) is 22.8. The fraction of sp³-hybridized carbons (Fsp3) is 0.500. The number of imidazole rings is 1. The smallest absolute Gasteiger partial charge is 0.226 e. The molecule has 1 fully saturated rings. The lowest BCUT2D eigenvalue weighted by atomic mass is 10.0. The Hall–Kier alpha value is -3.11. The van der Waals surface area contributed by atoms with E-state index in [0.29, 0.717) is 41.0 Å². The highest BCUT2D eigenvalue weighted by atomic mass is 16.6. The van der Waals surface area contributed by atoms with Crippen LogP contribution in [-0.2, 0) is 16.1 Å². The summed E-state index contributed by atoms with van der Waals surface area (Å²) >= 11 is 0. The van der Waals surface area contributed by atoms with E-state index in [1.54, 1.807) is 27.6 Å². The van der Waals surface area contributed by atoms with Gasteiger partial charge in [-0.3, -0.25) is 4.57 Å². The molecule has 1 aliphatic rings. The minimum Gasteiger partial charge on any atom is -0.493 e. The lowest BCUT2D eigenvalue weighted by molar-refractivity contribution is -0.0324. The van der Waals surface area contributed by atoms with Crippen molar-refractivity contribution in [2.45, 2.75) is 38.9 Å². The number of methoxy groups -OCH3 is 2. The Labute approximate surface area is 187 Å². The molecule has 0 aliphatic carbocycles. The minimum absolute atomic E-state index is 0.0774. The van der Waals surface area contributed by atoms with E-state index in [0.717, 1.165) is 5.56 Å². The molecule has 0 unspecified atom stereocenters. The van der Waals surface area contributed by atoms with Crippen LogP contribution in [0.15, 0.2) is 24.5 Å². The monoisotopic (exact) mass is 442 g/mol. The van der Waals surface area contributed by atoms with E-state index in [1.807, 2.05) is 36.7 Å². The Balaban J connectivity index is 1.54. The van der Waals surface area contributed by atoms with Gasteiger partial charge in [0, 0.05) is 20.0 Å². The van der Waals surface area contributed by atoms with Gasteiger partial charge in [-0.2, -0.15) is 9.97 Å².